The number of fused-ring (bicyclic) bond motifs is 3. The first-order valence-electron chi connectivity index (χ1n) is 35.3. The van der Waals surface area contributed by atoms with Crippen molar-refractivity contribution in [1.29, 1.82) is 0 Å². The molecule has 0 spiro atoms. The number of carbonyl (C=O) groups excluding carboxylic acids is 4. The van der Waals surface area contributed by atoms with E-state index in [1.807, 2.05) is 55.4 Å². The van der Waals surface area contributed by atoms with E-state index in [9.17, 15) is 76.2 Å². The molecule has 0 radical (unpaired) electrons. The molecule has 9 N–H and O–H groups in total. The average molecular weight is 1800 g/mol. The van der Waals surface area contributed by atoms with Gasteiger partial charge in [0.2, 0.25) is 6.54 Å². The molecule has 1 fully saturated rings. The maximum atomic E-state index is 12.3. The molecule has 7 aromatic rings. The van der Waals surface area contributed by atoms with Crippen LogP contribution in [0.5, 0.6) is 57.5 Å². The molecular formula is C73H85B4Cl7F3N3O26S. The number of para-hydroxylation sites is 1. The highest BCUT2D eigenvalue weighted by atomic mass is 35.5. The third-order valence-corrected chi connectivity index (χ3v) is 18.9. The molecular weight excluding hydrogens is 1720 g/mol. The van der Waals surface area contributed by atoms with E-state index in [1.54, 1.807) is 74.5 Å². The minimum absolute atomic E-state index is 0. The third-order valence-electron chi connectivity index (χ3n) is 16.7. The standard InChI is InChI=1S/C15H20BClO4.C10H11BClNO5.2C10H13BClNO3.C10H8ClF3O5S.C9H9ClO3.C9H10O3.ClH/c1-6-19-12-8-11(17)7-10(9-18)13(12)16-20-14(2,3)15(4,5)21-16;1-2-17-8-4-6(12)3-7-9(5-13(15)16)18-11(14)10(7)8;2*1-2-15-8-4-6(12)3-7-9(5-13)16-11(14)10(7)8;1-2-18-8-4-7(11)3-6(5-15)9(8)19-20(16,17)10(12,13)14;1-2-13-8-4-7(10)3-6(5-11)9(8)12;1-2-12-8-5-3-4-7(6-10)9(8)11;/h7-9H,6H2,1-5H3;3-4,9,14H,2,5H2,1H3;2*3-4,9,14H,2,5,13H2,1H3;3-5H,2H2,1H3;3-5,12H,2H2,1H3;3-6,11H,2H2,1H3;1H. The zero-order chi connectivity index (χ0) is 86.9. The number of nitro groups is 1. The number of hydrogen-bond acceptors (Lipinski definition) is 28. The quantitative estimate of drug-likeness (QED) is 0.00698. The number of hydrogen-bond donors (Lipinski definition) is 7. The van der Waals surface area contributed by atoms with E-state index in [0.717, 1.165) is 29.5 Å². The van der Waals surface area contributed by atoms with Crippen molar-refractivity contribution in [3.05, 3.63) is 170 Å². The van der Waals surface area contributed by atoms with Crippen LogP contribution >= 0.6 is 82.0 Å². The summed E-state index contributed by atoms with van der Waals surface area (Å²) in [4.78, 5) is 53.1. The molecule has 636 valence electrons. The van der Waals surface area contributed by atoms with Crippen molar-refractivity contribution in [2.45, 2.75) is 111 Å². The van der Waals surface area contributed by atoms with Gasteiger partial charge in [0.25, 0.3) is 0 Å². The summed E-state index contributed by atoms with van der Waals surface area (Å²) in [7, 11) is -9.76. The molecule has 1 saturated heterocycles. The first-order chi connectivity index (χ1) is 54.7. The van der Waals surface area contributed by atoms with Crippen LogP contribution in [-0.2, 0) is 33.4 Å². The van der Waals surface area contributed by atoms with Gasteiger partial charge in [0.05, 0.1) is 86.3 Å². The highest BCUT2D eigenvalue weighted by Crippen LogP contribution is 2.41. The Hall–Kier alpha value is -7.75. The van der Waals surface area contributed by atoms with Crippen molar-refractivity contribution in [2.75, 3.05) is 65.9 Å². The van der Waals surface area contributed by atoms with Crippen molar-refractivity contribution in [3.63, 3.8) is 0 Å². The Morgan fingerprint density at radius 3 is 1.15 bits per heavy atom. The summed E-state index contributed by atoms with van der Waals surface area (Å²) in [6.45, 7) is 23.3. The molecule has 44 heteroatoms. The lowest BCUT2D eigenvalue weighted by molar-refractivity contribution is -0.490. The van der Waals surface area contributed by atoms with E-state index < -0.39 is 84.2 Å². The van der Waals surface area contributed by atoms with Crippen LogP contribution in [0.2, 0.25) is 30.1 Å². The number of ether oxygens (including phenoxy) is 7. The Morgan fingerprint density at radius 1 is 0.479 bits per heavy atom. The molecule has 4 aliphatic heterocycles. The fourth-order valence-electron chi connectivity index (χ4n) is 11.0. The van der Waals surface area contributed by atoms with E-state index >= 15 is 0 Å². The van der Waals surface area contributed by atoms with Gasteiger partial charge in [-0.15, -0.1) is 12.4 Å². The molecule has 0 amide bonds. The van der Waals surface area contributed by atoms with Gasteiger partial charge in [-0.3, -0.25) is 29.3 Å². The summed E-state index contributed by atoms with van der Waals surface area (Å²) < 4.78 is 127. The number of halogens is 10. The summed E-state index contributed by atoms with van der Waals surface area (Å²) in [6, 6.07) is 22.9. The fraction of sp³-hybridized carbons (Fsp3) is 0.370. The SMILES string of the molecule is CCOc1cc(Cl)cc(C=O)c1B1OC(C)(C)C(C)(C)O1.CCOc1cc(Cl)cc(C=O)c1O.CCOc1cc(Cl)cc(C=O)c1OS(=O)(=O)C(F)(F)F.CCOc1cc(Cl)cc2c1B(O)OC2CN.CCOc1cc(Cl)cc2c1B(O)OC2CN.CCOc1cc(Cl)cc2c1B(O)OC2C[N+](=O)[O-].CCOc1cccc(C=O)c1O.Cl. The Balaban J connectivity index is 0.000000289. The summed E-state index contributed by atoms with van der Waals surface area (Å²) in [5, 5.41) is 61.0. The number of phenolic OH excluding ortho intramolecular Hbond substituents is 2. The average Bonchev–Trinajstić information content (AvgIpc) is 1.63. The molecule has 11 rings (SSSR count). The van der Waals surface area contributed by atoms with Gasteiger partial charge >= 0.3 is 44.1 Å². The molecule has 0 aromatic heterocycles. The number of nitrogens with zero attached hydrogens (tertiary/aromatic N) is 1. The number of rotatable bonds is 25. The van der Waals surface area contributed by atoms with Crippen molar-refractivity contribution in [1.82, 2.24) is 0 Å². The van der Waals surface area contributed by atoms with Crippen molar-refractivity contribution < 1.29 is 132 Å². The number of benzene rings is 7. The molecule has 29 nitrogen and oxygen atoms in total. The van der Waals surface area contributed by atoms with Crippen molar-refractivity contribution in [3.8, 4) is 57.5 Å². The van der Waals surface area contributed by atoms with Crippen LogP contribution in [0.4, 0.5) is 13.2 Å². The summed E-state index contributed by atoms with van der Waals surface area (Å²) >= 11 is 35.2. The molecule has 4 heterocycles. The number of nitrogens with two attached hydrogens (primary N) is 2. The lowest BCUT2D eigenvalue weighted by Crippen LogP contribution is -2.41. The lowest BCUT2D eigenvalue weighted by atomic mass is 9.75. The molecule has 7 aromatic carbocycles. The van der Waals surface area contributed by atoms with Crippen LogP contribution in [0.25, 0.3) is 0 Å². The summed E-state index contributed by atoms with van der Waals surface area (Å²) in [6.07, 6.45) is 0.542. The molecule has 0 bridgehead atoms. The monoisotopic (exact) mass is 1800 g/mol. The number of carbonyl (C=O) groups is 4. The zero-order valence-electron chi connectivity index (χ0n) is 64.7. The van der Waals surface area contributed by atoms with Crippen LogP contribution in [0, 0.1) is 10.1 Å². The van der Waals surface area contributed by atoms with Crippen LogP contribution < -0.4 is 70.7 Å². The normalized spacial score (nSPS) is 15.5. The predicted octanol–water partition coefficient (Wildman–Crippen LogP) is 11.6. The van der Waals surface area contributed by atoms with Gasteiger partial charge < -0.3 is 97.4 Å². The maximum Gasteiger partial charge on any atom is 0.534 e. The molecule has 0 saturated carbocycles. The minimum atomic E-state index is -5.92. The van der Waals surface area contributed by atoms with E-state index in [4.69, 9.17) is 138 Å². The van der Waals surface area contributed by atoms with Gasteiger partial charge in [-0.1, -0.05) is 75.7 Å². The van der Waals surface area contributed by atoms with E-state index in [2.05, 4.69) is 4.18 Å². The second-order valence-corrected chi connectivity index (χ2v) is 29.1. The second kappa shape index (κ2) is 46.7. The summed E-state index contributed by atoms with van der Waals surface area (Å²) in [5.74, 6) is 1.14. The largest absolute Gasteiger partial charge is 0.534 e. The maximum absolute atomic E-state index is 12.3. The Morgan fingerprint density at radius 2 is 0.786 bits per heavy atom. The van der Waals surface area contributed by atoms with E-state index in [-0.39, 0.29) is 76.7 Å². The topological polar surface area (TPSA) is 419 Å². The van der Waals surface area contributed by atoms with Gasteiger partial charge in [0, 0.05) is 87.7 Å². The molecule has 4 aliphatic rings. The number of aromatic hydroxyl groups is 2. The van der Waals surface area contributed by atoms with E-state index in [1.165, 1.54) is 25.1 Å². The number of aldehydes is 4. The van der Waals surface area contributed by atoms with Gasteiger partial charge in [-0.05, 0) is 166 Å². The van der Waals surface area contributed by atoms with Crippen LogP contribution in [-0.4, -0.2) is 175 Å². The van der Waals surface area contributed by atoms with Gasteiger partial charge in [0.15, 0.2) is 53.4 Å². The summed E-state index contributed by atoms with van der Waals surface area (Å²) in [5.41, 5.74) is 9.29. The van der Waals surface area contributed by atoms with Gasteiger partial charge in [0.1, 0.15) is 35.4 Å². The first-order valence-corrected chi connectivity index (χ1v) is 39.0. The first kappa shape index (κ1) is 102. The van der Waals surface area contributed by atoms with Crippen LogP contribution in [0.1, 0.15) is 153 Å². The van der Waals surface area contributed by atoms with Crippen LogP contribution in [0.15, 0.2) is 91.0 Å². The Labute approximate surface area is 710 Å². The van der Waals surface area contributed by atoms with Crippen molar-refractivity contribution in [2.24, 2.45) is 11.5 Å². The van der Waals surface area contributed by atoms with Crippen molar-refractivity contribution >= 4 is 168 Å². The number of alkyl halides is 3. The number of phenols is 2. The zero-order valence-corrected chi connectivity index (χ0v) is 70.9. The lowest BCUT2D eigenvalue weighted by Gasteiger charge is -2.32. The molecule has 3 atom stereocenters. The van der Waals surface area contributed by atoms with Gasteiger partial charge in [-0.25, -0.2) is 0 Å². The smallest absolute Gasteiger partial charge is 0.504 e. The highest BCUT2D eigenvalue weighted by molar-refractivity contribution is 7.88. The minimum Gasteiger partial charge on any atom is -0.504 e. The second-order valence-electron chi connectivity index (χ2n) is 25.0. The predicted molar refractivity (Wildman–Crippen MR) is 441 cm³/mol. The van der Waals surface area contributed by atoms with Crippen LogP contribution in [0.3, 0.4) is 0 Å². The molecule has 117 heavy (non-hydrogen) atoms. The fourth-order valence-corrected chi connectivity index (χ4v) is 12.8. The highest BCUT2D eigenvalue weighted by Gasteiger charge is 2.54. The third kappa shape index (κ3) is 27.1. The van der Waals surface area contributed by atoms with Gasteiger partial charge in [-0.2, -0.15) is 21.6 Å². The Bertz CT molecular complexity index is 4580. The Kier molecular flexibility index (Phi) is 40.6. The van der Waals surface area contributed by atoms with E-state index in [0.29, 0.717) is 152 Å². The molecule has 0 aliphatic carbocycles. The molecule has 3 unspecified atom stereocenters.